The third-order valence-electron chi connectivity index (χ3n) is 2.47. The summed E-state index contributed by atoms with van der Waals surface area (Å²) in [5.41, 5.74) is -0.677. The van der Waals surface area contributed by atoms with Crippen LogP contribution in [0, 0.1) is 17.0 Å². The maximum absolute atomic E-state index is 13.3. The van der Waals surface area contributed by atoms with Gasteiger partial charge in [0.15, 0.2) is 0 Å². The molecule has 1 rings (SSSR count). The molecule has 0 fully saturated rings. The van der Waals surface area contributed by atoms with Crippen molar-refractivity contribution in [3.63, 3.8) is 0 Å². The number of benzene rings is 1. The van der Waals surface area contributed by atoms with E-state index < -0.39 is 29.3 Å². The van der Waals surface area contributed by atoms with E-state index in [0.717, 1.165) is 12.1 Å². The summed E-state index contributed by atoms with van der Waals surface area (Å²) in [5, 5.41) is 19.6. The zero-order chi connectivity index (χ0) is 12.5. The Morgan fingerprint density at radius 1 is 1.12 bits per heavy atom. The summed E-state index contributed by atoms with van der Waals surface area (Å²) in [7, 11) is 0. The fourth-order valence-electron chi connectivity index (χ4n) is 1.39. The van der Waals surface area contributed by atoms with Crippen LogP contribution in [0.2, 0.25) is 0 Å². The maximum Gasteiger partial charge on any atom is 0.132 e. The molecule has 0 aliphatic rings. The first kappa shape index (κ1) is 13.1. The first-order valence-corrected chi connectivity index (χ1v) is 5.04. The van der Waals surface area contributed by atoms with Crippen molar-refractivity contribution >= 4 is 0 Å². The normalized spacial score (nSPS) is 15.9. The van der Waals surface area contributed by atoms with Crippen molar-refractivity contribution in [1.82, 2.24) is 0 Å². The topological polar surface area (TPSA) is 40.5 Å². The van der Waals surface area contributed by atoms with Gasteiger partial charge in [-0.25, -0.2) is 8.78 Å². The van der Waals surface area contributed by atoms with Crippen LogP contribution in [-0.4, -0.2) is 16.3 Å². The van der Waals surface area contributed by atoms with Gasteiger partial charge in [-0.15, -0.1) is 0 Å². The van der Waals surface area contributed by atoms with Crippen LogP contribution in [0.15, 0.2) is 18.2 Å². The molecule has 2 atom stereocenters. The summed E-state index contributed by atoms with van der Waals surface area (Å²) in [6.45, 7) is 5.17. The van der Waals surface area contributed by atoms with Crippen LogP contribution in [0.3, 0.4) is 0 Å². The van der Waals surface area contributed by atoms with Crippen molar-refractivity contribution in [2.45, 2.75) is 33.0 Å². The maximum atomic E-state index is 13.3. The third-order valence-corrected chi connectivity index (χ3v) is 2.47. The highest BCUT2D eigenvalue weighted by Gasteiger charge is 2.31. The molecular weight excluding hydrogens is 214 g/mol. The van der Waals surface area contributed by atoms with Gasteiger partial charge < -0.3 is 10.2 Å². The Morgan fingerprint density at radius 2 is 1.69 bits per heavy atom. The number of aliphatic hydroxyl groups is 2. The lowest BCUT2D eigenvalue weighted by molar-refractivity contribution is -0.0472. The lowest BCUT2D eigenvalue weighted by Gasteiger charge is -2.30. The van der Waals surface area contributed by atoms with Crippen LogP contribution in [0.4, 0.5) is 8.78 Å². The smallest absolute Gasteiger partial charge is 0.132 e. The van der Waals surface area contributed by atoms with Gasteiger partial charge in [0.05, 0.1) is 6.10 Å². The van der Waals surface area contributed by atoms with Crippen LogP contribution in [0.5, 0.6) is 0 Å². The summed E-state index contributed by atoms with van der Waals surface area (Å²) in [6, 6.07) is 2.88. The van der Waals surface area contributed by atoms with E-state index in [1.54, 1.807) is 20.8 Å². The Balaban J connectivity index is 3.01. The third kappa shape index (κ3) is 2.77. The first-order valence-electron chi connectivity index (χ1n) is 5.04. The number of hydrogen-bond acceptors (Lipinski definition) is 2. The molecule has 0 heterocycles. The molecule has 0 aliphatic heterocycles. The Morgan fingerprint density at radius 3 is 2.12 bits per heavy atom. The molecule has 4 heteroatoms. The minimum absolute atomic E-state index is 0.0937. The molecule has 0 bridgehead atoms. The molecule has 0 aromatic heterocycles. The quantitative estimate of drug-likeness (QED) is 0.819. The van der Waals surface area contributed by atoms with E-state index in [9.17, 15) is 19.0 Å². The highest BCUT2D eigenvalue weighted by atomic mass is 19.1. The van der Waals surface area contributed by atoms with Crippen molar-refractivity contribution in [2.24, 2.45) is 5.41 Å². The second-order valence-electron chi connectivity index (χ2n) is 4.92. The second-order valence-corrected chi connectivity index (χ2v) is 4.92. The average molecular weight is 230 g/mol. The Bertz CT molecular complexity index is 372. The minimum atomic E-state index is -1.36. The highest BCUT2D eigenvalue weighted by molar-refractivity contribution is 5.22. The molecule has 2 N–H and O–H groups in total. The fraction of sp³-hybridized carbons (Fsp3) is 0.500. The van der Waals surface area contributed by atoms with Gasteiger partial charge in [0, 0.05) is 11.6 Å². The summed E-state index contributed by atoms with van der Waals surface area (Å²) < 4.78 is 26.0. The molecule has 2 nitrogen and oxygen atoms in total. The van der Waals surface area contributed by atoms with Gasteiger partial charge in [-0.1, -0.05) is 26.8 Å². The molecule has 0 aliphatic carbocycles. The summed E-state index contributed by atoms with van der Waals surface area (Å²) in [6.07, 6.45) is -2.48. The number of halogens is 2. The Labute approximate surface area is 93.5 Å². The molecule has 0 spiro atoms. The van der Waals surface area contributed by atoms with Gasteiger partial charge in [0.2, 0.25) is 0 Å². The monoisotopic (exact) mass is 230 g/mol. The van der Waals surface area contributed by atoms with Gasteiger partial charge in [-0.3, -0.25) is 0 Å². The SMILES string of the molecule is CC(C)(C)C(O)C(O)c1ccc(F)cc1F. The number of hydrogen-bond donors (Lipinski definition) is 2. The predicted molar refractivity (Wildman–Crippen MR) is 56.8 cm³/mol. The van der Waals surface area contributed by atoms with Gasteiger partial charge in [0.1, 0.15) is 17.7 Å². The second kappa shape index (κ2) is 4.47. The van der Waals surface area contributed by atoms with E-state index in [2.05, 4.69) is 0 Å². The zero-order valence-corrected chi connectivity index (χ0v) is 9.54. The molecule has 16 heavy (non-hydrogen) atoms. The average Bonchev–Trinajstić information content (AvgIpc) is 2.14. The van der Waals surface area contributed by atoms with E-state index in [1.807, 2.05) is 0 Å². The van der Waals surface area contributed by atoms with Crippen molar-refractivity contribution < 1.29 is 19.0 Å². The molecule has 2 unspecified atom stereocenters. The molecular formula is C12H16F2O2. The van der Waals surface area contributed by atoms with Crippen molar-refractivity contribution in [1.29, 1.82) is 0 Å². The predicted octanol–water partition coefficient (Wildman–Crippen LogP) is 2.41. The Kier molecular flexibility index (Phi) is 3.65. The summed E-state index contributed by atoms with van der Waals surface area (Å²) in [5.74, 6) is -1.56. The van der Waals surface area contributed by atoms with Crippen LogP contribution in [0.1, 0.15) is 32.4 Å². The first-order chi connectivity index (χ1) is 7.23. The standard InChI is InChI=1S/C12H16F2O2/c1-12(2,3)11(16)10(15)8-5-4-7(13)6-9(8)14/h4-6,10-11,15-16H,1-3H3. The van der Waals surface area contributed by atoms with E-state index >= 15 is 0 Å². The van der Waals surface area contributed by atoms with E-state index in [-0.39, 0.29) is 5.56 Å². The highest BCUT2D eigenvalue weighted by Crippen LogP contribution is 2.31. The van der Waals surface area contributed by atoms with E-state index in [0.29, 0.717) is 6.07 Å². The molecule has 0 amide bonds. The fourth-order valence-corrected chi connectivity index (χ4v) is 1.39. The van der Waals surface area contributed by atoms with Crippen LogP contribution >= 0.6 is 0 Å². The molecule has 0 saturated heterocycles. The van der Waals surface area contributed by atoms with Gasteiger partial charge in [0.25, 0.3) is 0 Å². The molecule has 0 saturated carbocycles. The Hall–Kier alpha value is -1.00. The summed E-state index contributed by atoms with van der Waals surface area (Å²) in [4.78, 5) is 0. The number of rotatable bonds is 2. The minimum Gasteiger partial charge on any atom is -0.390 e. The van der Waals surface area contributed by atoms with Crippen molar-refractivity contribution in [2.75, 3.05) is 0 Å². The van der Waals surface area contributed by atoms with Crippen molar-refractivity contribution in [3.05, 3.63) is 35.4 Å². The molecule has 90 valence electrons. The van der Waals surface area contributed by atoms with Crippen LogP contribution < -0.4 is 0 Å². The molecule has 0 radical (unpaired) electrons. The molecule has 1 aromatic carbocycles. The van der Waals surface area contributed by atoms with Gasteiger partial charge in [-0.05, 0) is 11.5 Å². The lowest BCUT2D eigenvalue weighted by Crippen LogP contribution is -2.32. The van der Waals surface area contributed by atoms with Crippen LogP contribution in [-0.2, 0) is 0 Å². The largest absolute Gasteiger partial charge is 0.390 e. The number of aliphatic hydroxyl groups excluding tert-OH is 2. The van der Waals surface area contributed by atoms with Gasteiger partial charge in [-0.2, -0.15) is 0 Å². The summed E-state index contributed by atoms with van der Waals surface area (Å²) >= 11 is 0. The van der Waals surface area contributed by atoms with E-state index in [1.165, 1.54) is 0 Å². The zero-order valence-electron chi connectivity index (χ0n) is 9.54. The van der Waals surface area contributed by atoms with E-state index in [4.69, 9.17) is 0 Å². The van der Waals surface area contributed by atoms with Crippen molar-refractivity contribution in [3.8, 4) is 0 Å². The molecule has 1 aromatic rings. The van der Waals surface area contributed by atoms with Crippen LogP contribution in [0.25, 0.3) is 0 Å². The lowest BCUT2D eigenvalue weighted by atomic mass is 9.83. The van der Waals surface area contributed by atoms with Gasteiger partial charge >= 0.3 is 0 Å².